The number of hydrogen-bond donors (Lipinski definition) is 2. The van der Waals surface area contributed by atoms with Gasteiger partial charge in [-0.3, -0.25) is 0 Å². The number of carbonyl (C=O) groups is 1. The highest BCUT2D eigenvalue weighted by atomic mass is 79.9. The zero-order chi connectivity index (χ0) is 11.4. The van der Waals surface area contributed by atoms with Gasteiger partial charge in [0, 0.05) is 9.35 Å². The van der Waals surface area contributed by atoms with Gasteiger partial charge in [-0.15, -0.1) is 11.3 Å². The zero-order valence-electron chi connectivity index (χ0n) is 7.44. The first-order valence-electron chi connectivity index (χ1n) is 3.93. The lowest BCUT2D eigenvalue weighted by molar-refractivity contribution is -0.143. The van der Waals surface area contributed by atoms with Gasteiger partial charge in [-0.25, -0.2) is 4.79 Å². The molecule has 0 radical (unpaired) electrons. The molecule has 0 bridgehead atoms. The molecule has 0 fully saturated rings. The quantitative estimate of drug-likeness (QED) is 0.847. The zero-order valence-corrected chi connectivity index (χ0v) is 11.4. The van der Waals surface area contributed by atoms with Crippen molar-refractivity contribution in [2.45, 2.75) is 6.10 Å². The maximum absolute atomic E-state index is 10.2. The molecule has 0 aliphatic carbocycles. The summed E-state index contributed by atoms with van der Waals surface area (Å²) in [5.74, 6) is -1.05. The van der Waals surface area contributed by atoms with Crippen molar-refractivity contribution >= 4 is 49.2 Å². The Balaban J connectivity index is 2.46. The van der Waals surface area contributed by atoms with Crippen molar-refractivity contribution in [3.63, 3.8) is 0 Å². The van der Waals surface area contributed by atoms with Gasteiger partial charge in [-0.05, 0) is 37.9 Å². The van der Waals surface area contributed by atoms with Crippen LogP contribution in [-0.2, 0) is 9.53 Å². The fourth-order valence-electron chi connectivity index (χ4n) is 0.868. The molecule has 7 heteroatoms. The molecule has 1 aromatic rings. The molecule has 0 saturated heterocycles. The van der Waals surface area contributed by atoms with Crippen LogP contribution < -0.4 is 0 Å². The van der Waals surface area contributed by atoms with E-state index >= 15 is 0 Å². The lowest BCUT2D eigenvalue weighted by Crippen LogP contribution is -2.12. The van der Waals surface area contributed by atoms with Gasteiger partial charge in [0.2, 0.25) is 0 Å². The van der Waals surface area contributed by atoms with Crippen LogP contribution in [0.4, 0.5) is 0 Å². The second-order valence-corrected chi connectivity index (χ2v) is 5.95. The molecule has 84 valence electrons. The lowest BCUT2D eigenvalue weighted by Gasteiger charge is -2.07. The van der Waals surface area contributed by atoms with Gasteiger partial charge in [0.15, 0.2) is 0 Å². The number of aliphatic hydroxyl groups is 1. The Hall–Kier alpha value is 0.0500. The predicted molar refractivity (Wildman–Crippen MR) is 63.1 cm³/mol. The Morgan fingerprint density at radius 2 is 2.27 bits per heavy atom. The summed E-state index contributed by atoms with van der Waals surface area (Å²) in [5.41, 5.74) is 0. The third-order valence-electron chi connectivity index (χ3n) is 1.49. The molecular weight excluding hydrogens is 352 g/mol. The van der Waals surface area contributed by atoms with Crippen LogP contribution in [0.15, 0.2) is 14.3 Å². The fraction of sp³-hybridized carbons (Fsp3) is 0.375. The van der Waals surface area contributed by atoms with E-state index in [2.05, 4.69) is 31.9 Å². The second-order valence-electron chi connectivity index (χ2n) is 2.70. The summed E-state index contributed by atoms with van der Waals surface area (Å²) in [7, 11) is 0. The fourth-order valence-corrected chi connectivity index (χ4v) is 2.93. The average molecular weight is 360 g/mol. The average Bonchev–Trinajstić information content (AvgIpc) is 2.46. The molecule has 1 aromatic heterocycles. The molecule has 1 rings (SSSR count). The summed E-state index contributed by atoms with van der Waals surface area (Å²) in [6, 6.07) is 1.77. The van der Waals surface area contributed by atoms with Gasteiger partial charge < -0.3 is 14.9 Å². The monoisotopic (exact) mass is 358 g/mol. The Kier molecular flexibility index (Phi) is 5.20. The minimum absolute atomic E-state index is 0.0221. The van der Waals surface area contributed by atoms with E-state index in [4.69, 9.17) is 9.84 Å². The van der Waals surface area contributed by atoms with E-state index in [-0.39, 0.29) is 6.61 Å². The number of thiophene rings is 1. The summed E-state index contributed by atoms with van der Waals surface area (Å²) in [6.45, 7) is -0.420. The highest BCUT2D eigenvalue weighted by Gasteiger charge is 2.13. The lowest BCUT2D eigenvalue weighted by atomic mass is 10.3. The van der Waals surface area contributed by atoms with Crippen LogP contribution in [0.25, 0.3) is 0 Å². The van der Waals surface area contributed by atoms with Crippen LogP contribution in [0.3, 0.4) is 0 Å². The summed E-state index contributed by atoms with van der Waals surface area (Å²) in [6.07, 6.45) is -0.794. The maximum atomic E-state index is 10.2. The highest BCUT2D eigenvalue weighted by molar-refractivity contribution is 9.13. The molecule has 1 atom stereocenters. The van der Waals surface area contributed by atoms with Gasteiger partial charge in [-0.2, -0.15) is 0 Å². The number of carboxylic acids is 1. The first-order chi connectivity index (χ1) is 7.00. The summed E-state index contributed by atoms with van der Waals surface area (Å²) in [5, 5.41) is 17.9. The van der Waals surface area contributed by atoms with Crippen molar-refractivity contribution in [1.29, 1.82) is 0 Å². The number of aliphatic carboxylic acids is 1. The van der Waals surface area contributed by atoms with Gasteiger partial charge in [-0.1, -0.05) is 0 Å². The molecule has 0 saturated carbocycles. The van der Waals surface area contributed by atoms with Crippen LogP contribution in [0.1, 0.15) is 11.0 Å². The van der Waals surface area contributed by atoms with Crippen molar-refractivity contribution in [3.8, 4) is 0 Å². The Bertz CT molecular complexity index is 333. The molecule has 4 nitrogen and oxygen atoms in total. The van der Waals surface area contributed by atoms with Gasteiger partial charge in [0.1, 0.15) is 12.7 Å². The summed E-state index contributed by atoms with van der Waals surface area (Å²) in [4.78, 5) is 10.9. The minimum atomic E-state index is -1.05. The number of aliphatic hydroxyl groups excluding tert-OH is 1. The number of ether oxygens (including phenoxy) is 1. The molecule has 15 heavy (non-hydrogen) atoms. The van der Waals surface area contributed by atoms with Gasteiger partial charge in [0.05, 0.1) is 10.4 Å². The van der Waals surface area contributed by atoms with E-state index in [0.29, 0.717) is 0 Å². The molecule has 2 N–H and O–H groups in total. The van der Waals surface area contributed by atoms with Crippen molar-refractivity contribution in [1.82, 2.24) is 0 Å². The predicted octanol–water partition coefficient (Wildman–Crippen LogP) is 2.41. The number of rotatable bonds is 5. The number of halogens is 2. The van der Waals surface area contributed by atoms with Crippen molar-refractivity contribution in [2.24, 2.45) is 0 Å². The van der Waals surface area contributed by atoms with Crippen LogP contribution in [0.5, 0.6) is 0 Å². The van der Waals surface area contributed by atoms with Gasteiger partial charge in [0.25, 0.3) is 0 Å². The molecule has 0 amide bonds. The van der Waals surface area contributed by atoms with Crippen molar-refractivity contribution in [2.75, 3.05) is 13.2 Å². The summed E-state index contributed by atoms with van der Waals surface area (Å²) >= 11 is 7.97. The van der Waals surface area contributed by atoms with Crippen LogP contribution in [0.2, 0.25) is 0 Å². The minimum Gasteiger partial charge on any atom is -0.480 e. The van der Waals surface area contributed by atoms with Crippen LogP contribution >= 0.6 is 43.2 Å². The molecular formula is C8H8Br2O4S. The van der Waals surface area contributed by atoms with E-state index in [0.717, 1.165) is 13.1 Å². The normalized spacial score (nSPS) is 12.7. The van der Waals surface area contributed by atoms with Crippen molar-refractivity contribution in [3.05, 3.63) is 19.2 Å². The Morgan fingerprint density at radius 1 is 1.60 bits per heavy atom. The van der Waals surface area contributed by atoms with E-state index in [1.807, 2.05) is 0 Å². The second kappa shape index (κ2) is 5.95. The van der Waals surface area contributed by atoms with Gasteiger partial charge >= 0.3 is 5.97 Å². The smallest absolute Gasteiger partial charge is 0.329 e. The molecule has 1 unspecified atom stereocenters. The third kappa shape index (κ3) is 4.20. The van der Waals surface area contributed by atoms with Crippen LogP contribution in [0, 0.1) is 0 Å². The van der Waals surface area contributed by atoms with E-state index < -0.39 is 18.7 Å². The first kappa shape index (κ1) is 13.1. The molecule has 1 heterocycles. The highest BCUT2D eigenvalue weighted by Crippen LogP contribution is 2.35. The first-order valence-corrected chi connectivity index (χ1v) is 6.33. The molecule has 0 aliphatic rings. The van der Waals surface area contributed by atoms with E-state index in [1.54, 1.807) is 6.07 Å². The molecule has 0 aliphatic heterocycles. The number of hydrogen-bond acceptors (Lipinski definition) is 4. The Labute approximate surface area is 107 Å². The van der Waals surface area contributed by atoms with E-state index in [1.165, 1.54) is 11.3 Å². The molecule has 0 aromatic carbocycles. The van der Waals surface area contributed by atoms with Crippen LogP contribution in [-0.4, -0.2) is 29.4 Å². The number of carboxylic acid groups (broad SMARTS) is 1. The summed E-state index contributed by atoms with van der Waals surface area (Å²) < 4.78 is 6.53. The van der Waals surface area contributed by atoms with Crippen molar-refractivity contribution < 1.29 is 19.7 Å². The standard InChI is InChI=1S/C8H8Br2O4S/c9-4-1-6(15-8(4)10)5(11)2-14-3-7(12)13/h1,5,11H,2-3H2,(H,12,13). The third-order valence-corrected chi connectivity index (χ3v) is 4.85. The Morgan fingerprint density at radius 3 is 2.73 bits per heavy atom. The van der Waals surface area contributed by atoms with E-state index in [9.17, 15) is 9.90 Å². The SMILES string of the molecule is O=C(O)COCC(O)c1cc(Br)c(Br)s1. The topological polar surface area (TPSA) is 66.8 Å². The maximum Gasteiger partial charge on any atom is 0.329 e. The largest absolute Gasteiger partial charge is 0.480 e. The molecule has 0 spiro atoms.